The summed E-state index contributed by atoms with van der Waals surface area (Å²) in [7, 11) is 0. The third kappa shape index (κ3) is 3.49. The number of nitrogens with zero attached hydrogens (tertiary/aromatic N) is 2. The molecule has 4 heteroatoms. The smallest absolute Gasteiger partial charge is 0.134 e. The van der Waals surface area contributed by atoms with E-state index in [2.05, 4.69) is 51.0 Å². The zero-order valence-corrected chi connectivity index (χ0v) is 11.6. The first-order chi connectivity index (χ1) is 7.34. The predicted octanol–water partition coefficient (Wildman–Crippen LogP) is 3.19. The fourth-order valence-corrected chi connectivity index (χ4v) is 1.51. The molecule has 0 aliphatic rings. The zero-order valence-electron chi connectivity index (χ0n) is 10.0. The summed E-state index contributed by atoms with van der Waals surface area (Å²) in [5.41, 5.74) is -0.415. The molecule has 0 unspecified atom stereocenters. The Morgan fingerprint density at radius 1 is 1.44 bits per heavy atom. The third-order valence-corrected chi connectivity index (χ3v) is 2.44. The summed E-state index contributed by atoms with van der Waals surface area (Å²) in [6, 6.07) is 1.82. The molecule has 0 aromatic carbocycles. The quantitative estimate of drug-likeness (QED) is 0.683. The summed E-state index contributed by atoms with van der Waals surface area (Å²) >= 11 is 3.37. The van der Waals surface area contributed by atoms with Gasteiger partial charge in [0.05, 0.1) is 5.54 Å². The second-order valence-electron chi connectivity index (χ2n) is 4.48. The number of hydrogen-bond donors (Lipinski definition) is 1. The highest BCUT2D eigenvalue weighted by molar-refractivity contribution is 9.10. The van der Waals surface area contributed by atoms with Gasteiger partial charge in [-0.1, -0.05) is 19.8 Å². The van der Waals surface area contributed by atoms with Crippen LogP contribution in [0.4, 0.5) is 5.82 Å². The average molecular weight is 282 g/mol. The summed E-state index contributed by atoms with van der Waals surface area (Å²) in [5, 5.41) is 3.19. The van der Waals surface area contributed by atoms with Crippen LogP contribution in [0.5, 0.6) is 0 Å². The summed E-state index contributed by atoms with van der Waals surface area (Å²) < 4.78 is 0.765. The molecule has 16 heavy (non-hydrogen) atoms. The molecule has 1 N–H and O–H groups in total. The number of terminal acetylenes is 1. The Bertz CT molecular complexity index is 419. The van der Waals surface area contributed by atoms with E-state index in [0.717, 1.165) is 16.2 Å². The molecular weight excluding hydrogens is 266 g/mol. The van der Waals surface area contributed by atoms with Gasteiger partial charge in [-0.15, -0.1) is 6.42 Å². The molecule has 3 nitrogen and oxygen atoms in total. The van der Waals surface area contributed by atoms with Crippen LogP contribution in [0.1, 0.15) is 39.4 Å². The minimum absolute atomic E-state index is 0.284. The molecule has 0 radical (unpaired) electrons. The Labute approximate surface area is 105 Å². The van der Waals surface area contributed by atoms with Gasteiger partial charge in [-0.2, -0.15) is 0 Å². The topological polar surface area (TPSA) is 37.8 Å². The Morgan fingerprint density at radius 2 is 2.06 bits per heavy atom. The number of rotatable bonds is 3. The highest BCUT2D eigenvalue weighted by Gasteiger charge is 2.15. The molecule has 0 bridgehead atoms. The van der Waals surface area contributed by atoms with Crippen molar-refractivity contribution < 1.29 is 0 Å². The van der Waals surface area contributed by atoms with Crippen LogP contribution in [0.3, 0.4) is 0 Å². The van der Waals surface area contributed by atoms with E-state index in [1.54, 1.807) is 0 Å². The number of hydrogen-bond acceptors (Lipinski definition) is 3. The average Bonchev–Trinajstić information content (AvgIpc) is 2.16. The zero-order chi connectivity index (χ0) is 12.3. The second kappa shape index (κ2) is 4.84. The van der Waals surface area contributed by atoms with Gasteiger partial charge >= 0.3 is 0 Å². The molecule has 1 heterocycles. The number of anilines is 1. The molecule has 0 aliphatic heterocycles. The van der Waals surface area contributed by atoms with Crippen molar-refractivity contribution in [1.82, 2.24) is 9.97 Å². The summed E-state index contributed by atoms with van der Waals surface area (Å²) in [6.45, 7) is 7.96. The minimum atomic E-state index is -0.415. The van der Waals surface area contributed by atoms with Crippen molar-refractivity contribution in [1.29, 1.82) is 0 Å². The fourth-order valence-electron chi connectivity index (χ4n) is 1.11. The van der Waals surface area contributed by atoms with E-state index in [0.29, 0.717) is 0 Å². The van der Waals surface area contributed by atoms with Crippen LogP contribution < -0.4 is 5.32 Å². The maximum atomic E-state index is 5.42. The van der Waals surface area contributed by atoms with Crippen molar-refractivity contribution in [3.05, 3.63) is 16.5 Å². The van der Waals surface area contributed by atoms with E-state index >= 15 is 0 Å². The van der Waals surface area contributed by atoms with Gasteiger partial charge in [-0.05, 0) is 29.8 Å². The normalized spacial score (nSPS) is 11.3. The van der Waals surface area contributed by atoms with Gasteiger partial charge in [-0.25, -0.2) is 9.97 Å². The molecular formula is C12H16BrN3. The Hall–Kier alpha value is -1.08. The fraction of sp³-hybridized carbons (Fsp3) is 0.500. The molecule has 1 rings (SSSR count). The van der Waals surface area contributed by atoms with E-state index in [1.165, 1.54) is 0 Å². The third-order valence-electron chi connectivity index (χ3n) is 2.03. The lowest BCUT2D eigenvalue weighted by Gasteiger charge is -2.21. The van der Waals surface area contributed by atoms with Crippen molar-refractivity contribution in [3.63, 3.8) is 0 Å². The van der Waals surface area contributed by atoms with Crippen LogP contribution in [-0.4, -0.2) is 15.5 Å². The highest BCUT2D eigenvalue weighted by Crippen LogP contribution is 2.19. The van der Waals surface area contributed by atoms with E-state index in [1.807, 2.05) is 19.9 Å². The number of nitrogens with one attached hydrogen (secondary N) is 1. The van der Waals surface area contributed by atoms with Crippen molar-refractivity contribution in [3.8, 4) is 12.3 Å². The number of aromatic nitrogens is 2. The molecule has 1 aromatic rings. The lowest BCUT2D eigenvalue weighted by molar-refractivity contribution is 0.720. The lowest BCUT2D eigenvalue weighted by Crippen LogP contribution is -2.29. The second-order valence-corrected chi connectivity index (χ2v) is 5.30. The SMILES string of the molecule is C#CC(C)(C)Nc1cc(Br)nc(C(C)C)n1. The summed E-state index contributed by atoms with van der Waals surface area (Å²) in [5.74, 6) is 4.50. The molecule has 0 saturated heterocycles. The van der Waals surface area contributed by atoms with Crippen molar-refractivity contribution >= 4 is 21.7 Å². The van der Waals surface area contributed by atoms with E-state index in [4.69, 9.17) is 6.42 Å². The summed E-state index contributed by atoms with van der Waals surface area (Å²) in [4.78, 5) is 8.72. The van der Waals surface area contributed by atoms with Crippen LogP contribution in [-0.2, 0) is 0 Å². The van der Waals surface area contributed by atoms with Gasteiger partial charge in [0.1, 0.15) is 16.2 Å². The van der Waals surface area contributed by atoms with Gasteiger partial charge < -0.3 is 5.32 Å². The first kappa shape index (κ1) is 13.0. The van der Waals surface area contributed by atoms with Crippen LogP contribution >= 0.6 is 15.9 Å². The van der Waals surface area contributed by atoms with Crippen molar-refractivity contribution in [2.24, 2.45) is 0 Å². The highest BCUT2D eigenvalue weighted by atomic mass is 79.9. The van der Waals surface area contributed by atoms with E-state index in [9.17, 15) is 0 Å². The monoisotopic (exact) mass is 281 g/mol. The molecule has 86 valence electrons. The summed E-state index contributed by atoms with van der Waals surface area (Å²) in [6.07, 6.45) is 5.42. The van der Waals surface area contributed by atoms with Gasteiger partial charge in [0.25, 0.3) is 0 Å². The molecule has 0 amide bonds. The minimum Gasteiger partial charge on any atom is -0.354 e. The van der Waals surface area contributed by atoms with Crippen LogP contribution in [0.2, 0.25) is 0 Å². The number of halogens is 1. The maximum Gasteiger partial charge on any atom is 0.134 e. The van der Waals surface area contributed by atoms with Crippen molar-refractivity contribution in [2.75, 3.05) is 5.32 Å². The largest absolute Gasteiger partial charge is 0.354 e. The molecule has 0 atom stereocenters. The molecule has 0 spiro atoms. The van der Waals surface area contributed by atoms with Gasteiger partial charge in [-0.3, -0.25) is 0 Å². The maximum absolute atomic E-state index is 5.42. The van der Waals surface area contributed by atoms with Crippen molar-refractivity contribution in [2.45, 2.75) is 39.2 Å². The molecule has 0 saturated carbocycles. The predicted molar refractivity (Wildman–Crippen MR) is 70.4 cm³/mol. The standard InChI is InChI=1S/C12H16BrN3/c1-6-12(4,5)16-10-7-9(13)14-11(15-10)8(2)3/h1,7-8H,2-5H3,(H,14,15,16). The first-order valence-electron chi connectivity index (χ1n) is 5.14. The van der Waals surface area contributed by atoms with Crippen LogP contribution in [0.15, 0.2) is 10.7 Å². The Balaban J connectivity index is 3.03. The molecule has 1 aromatic heterocycles. The van der Waals surface area contributed by atoms with E-state index < -0.39 is 5.54 Å². The Morgan fingerprint density at radius 3 is 2.56 bits per heavy atom. The first-order valence-corrected chi connectivity index (χ1v) is 5.94. The van der Waals surface area contributed by atoms with Crippen LogP contribution in [0.25, 0.3) is 0 Å². The molecule has 0 aliphatic carbocycles. The van der Waals surface area contributed by atoms with Gasteiger partial charge in [0, 0.05) is 12.0 Å². The van der Waals surface area contributed by atoms with Gasteiger partial charge in [0.15, 0.2) is 0 Å². The Kier molecular flexibility index (Phi) is 3.93. The molecule has 0 fully saturated rings. The lowest BCUT2D eigenvalue weighted by atomic mass is 10.1. The van der Waals surface area contributed by atoms with E-state index in [-0.39, 0.29) is 5.92 Å². The van der Waals surface area contributed by atoms with Crippen LogP contribution in [0, 0.1) is 12.3 Å². The van der Waals surface area contributed by atoms with Gasteiger partial charge in [0.2, 0.25) is 0 Å².